The van der Waals surface area contributed by atoms with E-state index in [2.05, 4.69) is 0 Å². The molecule has 0 aromatic heterocycles. The van der Waals surface area contributed by atoms with Crippen molar-refractivity contribution in [2.24, 2.45) is 0 Å². The van der Waals surface area contributed by atoms with E-state index in [9.17, 15) is 9.18 Å². The molecule has 0 bridgehead atoms. The van der Waals surface area contributed by atoms with Gasteiger partial charge in [0.1, 0.15) is 5.82 Å². The maximum atomic E-state index is 13.3. The van der Waals surface area contributed by atoms with Crippen LogP contribution in [0.1, 0.15) is 30.4 Å². The first-order valence-electron chi connectivity index (χ1n) is 6.40. The molecule has 0 atom stereocenters. The van der Waals surface area contributed by atoms with Crippen LogP contribution < -0.4 is 0 Å². The Morgan fingerprint density at radius 3 is 2.67 bits per heavy atom. The maximum Gasteiger partial charge on any atom is 0.246 e. The van der Waals surface area contributed by atoms with Crippen LogP contribution >= 0.6 is 0 Å². The van der Waals surface area contributed by atoms with Gasteiger partial charge in [-0.1, -0.05) is 12.1 Å². The monoisotopic (exact) mass is 247 g/mol. The summed E-state index contributed by atoms with van der Waals surface area (Å²) in [7, 11) is 0. The molecule has 1 aliphatic heterocycles. The Kier molecular flexibility index (Phi) is 4.13. The van der Waals surface area contributed by atoms with Gasteiger partial charge in [-0.2, -0.15) is 0 Å². The molecule has 1 fully saturated rings. The van der Waals surface area contributed by atoms with Crippen LogP contribution in [0, 0.1) is 12.7 Å². The number of piperidine rings is 1. The standard InChI is InChI=1S/C15H18FNO/c1-12-5-6-13(11-14(12)16)7-8-15(18)17-9-3-2-4-10-17/h5-8,11H,2-4,9-10H2,1H3/b8-7+. The normalized spacial score (nSPS) is 16.2. The lowest BCUT2D eigenvalue weighted by atomic mass is 10.1. The molecule has 0 radical (unpaired) electrons. The quantitative estimate of drug-likeness (QED) is 0.735. The highest BCUT2D eigenvalue weighted by atomic mass is 19.1. The van der Waals surface area contributed by atoms with Gasteiger partial charge in [0.25, 0.3) is 0 Å². The largest absolute Gasteiger partial charge is 0.339 e. The van der Waals surface area contributed by atoms with E-state index in [1.165, 1.54) is 18.6 Å². The van der Waals surface area contributed by atoms with Crippen molar-refractivity contribution in [3.63, 3.8) is 0 Å². The molecule has 18 heavy (non-hydrogen) atoms. The molecule has 0 aliphatic carbocycles. The minimum atomic E-state index is -0.234. The molecule has 2 rings (SSSR count). The molecule has 1 aromatic carbocycles. The Bertz CT molecular complexity index is 462. The summed E-state index contributed by atoms with van der Waals surface area (Å²) in [6.45, 7) is 3.40. The Morgan fingerprint density at radius 2 is 2.00 bits per heavy atom. The van der Waals surface area contributed by atoms with Gasteiger partial charge in [0.2, 0.25) is 5.91 Å². The average molecular weight is 247 g/mol. The van der Waals surface area contributed by atoms with Crippen LogP contribution in [-0.2, 0) is 4.79 Å². The van der Waals surface area contributed by atoms with Crippen LogP contribution in [0.4, 0.5) is 4.39 Å². The lowest BCUT2D eigenvalue weighted by Crippen LogP contribution is -2.34. The van der Waals surface area contributed by atoms with Crippen LogP contribution in [0.2, 0.25) is 0 Å². The minimum absolute atomic E-state index is 0.0238. The van der Waals surface area contributed by atoms with E-state index >= 15 is 0 Å². The molecule has 1 aromatic rings. The molecule has 96 valence electrons. The van der Waals surface area contributed by atoms with E-state index in [1.54, 1.807) is 19.1 Å². The molecule has 1 amide bonds. The second-order valence-corrected chi connectivity index (χ2v) is 4.73. The SMILES string of the molecule is Cc1ccc(/C=C/C(=O)N2CCCCC2)cc1F. The summed E-state index contributed by atoms with van der Waals surface area (Å²) in [6, 6.07) is 4.99. The molecule has 0 spiro atoms. The van der Waals surface area contributed by atoms with Crippen molar-refractivity contribution in [1.82, 2.24) is 4.90 Å². The fourth-order valence-electron chi connectivity index (χ4n) is 2.10. The van der Waals surface area contributed by atoms with Gasteiger partial charge >= 0.3 is 0 Å². The fraction of sp³-hybridized carbons (Fsp3) is 0.400. The van der Waals surface area contributed by atoms with E-state index in [0.29, 0.717) is 5.56 Å². The third kappa shape index (κ3) is 3.19. The van der Waals surface area contributed by atoms with Crippen molar-refractivity contribution in [3.8, 4) is 0 Å². The zero-order valence-electron chi connectivity index (χ0n) is 10.7. The first kappa shape index (κ1) is 12.8. The summed E-state index contributed by atoms with van der Waals surface area (Å²) < 4.78 is 13.3. The van der Waals surface area contributed by atoms with Crippen LogP contribution in [-0.4, -0.2) is 23.9 Å². The van der Waals surface area contributed by atoms with E-state index in [-0.39, 0.29) is 11.7 Å². The molecule has 0 N–H and O–H groups in total. The summed E-state index contributed by atoms with van der Waals surface area (Å²) in [5.41, 5.74) is 1.35. The van der Waals surface area contributed by atoms with Crippen molar-refractivity contribution in [2.75, 3.05) is 13.1 Å². The number of carbonyl (C=O) groups excluding carboxylic acids is 1. The van der Waals surface area contributed by atoms with Crippen molar-refractivity contribution < 1.29 is 9.18 Å². The highest BCUT2D eigenvalue weighted by Gasteiger charge is 2.13. The van der Waals surface area contributed by atoms with E-state index in [1.807, 2.05) is 11.0 Å². The lowest BCUT2D eigenvalue weighted by molar-refractivity contribution is -0.126. The average Bonchev–Trinajstić information content (AvgIpc) is 2.41. The minimum Gasteiger partial charge on any atom is -0.339 e. The van der Waals surface area contributed by atoms with Gasteiger partial charge < -0.3 is 4.90 Å². The van der Waals surface area contributed by atoms with Gasteiger partial charge in [-0.15, -0.1) is 0 Å². The summed E-state index contributed by atoms with van der Waals surface area (Å²) in [6.07, 6.45) is 6.59. The number of hydrogen-bond acceptors (Lipinski definition) is 1. The van der Waals surface area contributed by atoms with Gasteiger partial charge in [0.15, 0.2) is 0 Å². The summed E-state index contributed by atoms with van der Waals surface area (Å²) in [5.74, 6) is -0.210. The smallest absolute Gasteiger partial charge is 0.246 e. The number of hydrogen-bond donors (Lipinski definition) is 0. The first-order chi connectivity index (χ1) is 8.66. The zero-order valence-corrected chi connectivity index (χ0v) is 10.7. The Balaban J connectivity index is 2.01. The number of aryl methyl sites for hydroxylation is 1. The van der Waals surface area contributed by atoms with Crippen LogP contribution in [0.15, 0.2) is 24.3 Å². The van der Waals surface area contributed by atoms with Crippen molar-refractivity contribution in [2.45, 2.75) is 26.2 Å². The molecule has 1 heterocycles. The van der Waals surface area contributed by atoms with E-state index in [0.717, 1.165) is 31.5 Å². The number of likely N-dealkylation sites (tertiary alicyclic amines) is 1. The molecule has 0 saturated carbocycles. The van der Waals surface area contributed by atoms with Gasteiger partial charge in [-0.3, -0.25) is 4.79 Å². The molecule has 0 unspecified atom stereocenters. The highest BCUT2D eigenvalue weighted by Crippen LogP contribution is 2.12. The van der Waals surface area contributed by atoms with Crippen LogP contribution in [0.25, 0.3) is 6.08 Å². The lowest BCUT2D eigenvalue weighted by Gasteiger charge is -2.25. The third-order valence-corrected chi connectivity index (χ3v) is 3.28. The highest BCUT2D eigenvalue weighted by molar-refractivity contribution is 5.91. The number of nitrogens with zero attached hydrogens (tertiary/aromatic N) is 1. The number of amides is 1. The number of benzene rings is 1. The van der Waals surface area contributed by atoms with Crippen molar-refractivity contribution in [1.29, 1.82) is 0 Å². The Labute approximate surface area is 107 Å². The molecule has 1 aliphatic rings. The second kappa shape index (κ2) is 5.80. The maximum absolute atomic E-state index is 13.3. The first-order valence-corrected chi connectivity index (χ1v) is 6.40. The summed E-state index contributed by atoms with van der Waals surface area (Å²) in [5, 5.41) is 0. The van der Waals surface area contributed by atoms with Crippen LogP contribution in [0.3, 0.4) is 0 Å². The van der Waals surface area contributed by atoms with Crippen molar-refractivity contribution in [3.05, 3.63) is 41.2 Å². The topological polar surface area (TPSA) is 20.3 Å². The number of carbonyl (C=O) groups is 1. The van der Waals surface area contributed by atoms with Gasteiger partial charge in [-0.25, -0.2) is 4.39 Å². The molecule has 3 heteroatoms. The number of halogens is 1. The zero-order chi connectivity index (χ0) is 13.0. The fourth-order valence-corrected chi connectivity index (χ4v) is 2.10. The Hall–Kier alpha value is -1.64. The molecular formula is C15H18FNO. The molecule has 1 saturated heterocycles. The van der Waals surface area contributed by atoms with E-state index < -0.39 is 0 Å². The third-order valence-electron chi connectivity index (χ3n) is 3.28. The predicted octanol–water partition coefficient (Wildman–Crippen LogP) is 3.16. The van der Waals surface area contributed by atoms with Gasteiger partial charge in [0, 0.05) is 19.2 Å². The van der Waals surface area contributed by atoms with E-state index in [4.69, 9.17) is 0 Å². The summed E-state index contributed by atoms with van der Waals surface area (Å²) >= 11 is 0. The van der Waals surface area contributed by atoms with Gasteiger partial charge in [-0.05, 0) is 49.5 Å². The molecule has 2 nitrogen and oxygen atoms in total. The molecular weight excluding hydrogens is 229 g/mol. The number of rotatable bonds is 2. The second-order valence-electron chi connectivity index (χ2n) is 4.73. The van der Waals surface area contributed by atoms with Crippen molar-refractivity contribution >= 4 is 12.0 Å². The predicted molar refractivity (Wildman–Crippen MR) is 70.6 cm³/mol. The Morgan fingerprint density at radius 1 is 1.28 bits per heavy atom. The van der Waals surface area contributed by atoms with Gasteiger partial charge in [0.05, 0.1) is 0 Å². The van der Waals surface area contributed by atoms with Crippen LogP contribution in [0.5, 0.6) is 0 Å². The summed E-state index contributed by atoms with van der Waals surface area (Å²) in [4.78, 5) is 13.7.